The van der Waals surface area contributed by atoms with E-state index >= 15 is 0 Å². The van der Waals surface area contributed by atoms with E-state index in [-0.39, 0.29) is 12.1 Å². The Bertz CT molecular complexity index is 1320. The molecule has 0 radical (unpaired) electrons. The zero-order chi connectivity index (χ0) is 26.5. The highest BCUT2D eigenvalue weighted by Gasteiger charge is 2.33. The van der Waals surface area contributed by atoms with Crippen LogP contribution in [-0.2, 0) is 11.2 Å². The van der Waals surface area contributed by atoms with Gasteiger partial charge in [0.15, 0.2) is 0 Å². The van der Waals surface area contributed by atoms with E-state index in [1.807, 2.05) is 25.4 Å². The number of fused-ring (bicyclic) bond motifs is 1. The number of anilines is 1. The van der Waals surface area contributed by atoms with Gasteiger partial charge in [0.2, 0.25) is 0 Å². The second-order valence-electron chi connectivity index (χ2n) is 9.89. The van der Waals surface area contributed by atoms with E-state index in [0.29, 0.717) is 5.92 Å². The van der Waals surface area contributed by atoms with Crippen molar-refractivity contribution in [3.05, 3.63) is 112 Å². The van der Waals surface area contributed by atoms with Crippen LogP contribution in [0.5, 0.6) is 0 Å². The predicted octanol–water partition coefficient (Wildman–Crippen LogP) is 6.66. The Morgan fingerprint density at radius 3 is 2.38 bits per heavy atom. The summed E-state index contributed by atoms with van der Waals surface area (Å²) in [7, 11) is 1.85. The molecule has 4 rings (SSSR count). The molecule has 2 unspecified atom stereocenters. The van der Waals surface area contributed by atoms with Crippen LogP contribution in [0.1, 0.15) is 66.1 Å². The zero-order valence-corrected chi connectivity index (χ0v) is 21.9. The number of hydrogen-bond acceptors (Lipinski definition) is 4. The Morgan fingerprint density at radius 1 is 1.08 bits per heavy atom. The van der Waals surface area contributed by atoms with Gasteiger partial charge in [0.25, 0.3) is 0 Å². The minimum absolute atomic E-state index is 0.00640. The fourth-order valence-corrected chi connectivity index (χ4v) is 5.15. The Labute approximate surface area is 219 Å². The molecule has 2 atom stereocenters. The van der Waals surface area contributed by atoms with Crippen molar-refractivity contribution in [3.63, 3.8) is 0 Å². The van der Waals surface area contributed by atoms with Crippen LogP contribution in [0.15, 0.2) is 79.0 Å². The molecule has 0 spiro atoms. The number of benzene rings is 3. The molecule has 3 N–H and O–H groups in total. The van der Waals surface area contributed by atoms with Crippen molar-refractivity contribution in [1.82, 2.24) is 5.32 Å². The lowest BCUT2D eigenvalue weighted by molar-refractivity contribution is -0.131. The van der Waals surface area contributed by atoms with Gasteiger partial charge in [-0.1, -0.05) is 68.4 Å². The maximum Gasteiger partial charge on any atom is 0.328 e. The van der Waals surface area contributed by atoms with E-state index in [1.165, 1.54) is 28.6 Å². The Kier molecular flexibility index (Phi) is 7.92. The van der Waals surface area contributed by atoms with Crippen molar-refractivity contribution >= 4 is 29.5 Å². The second-order valence-corrected chi connectivity index (χ2v) is 9.89. The molecule has 3 aromatic carbocycles. The molecule has 0 fully saturated rings. The van der Waals surface area contributed by atoms with Gasteiger partial charge < -0.3 is 20.7 Å². The van der Waals surface area contributed by atoms with E-state index in [1.54, 1.807) is 6.08 Å². The number of carboxylic acids is 1. The molecule has 0 saturated heterocycles. The summed E-state index contributed by atoms with van der Waals surface area (Å²) in [5.41, 5.74) is 8.90. The summed E-state index contributed by atoms with van der Waals surface area (Å²) in [5.74, 6) is -0.481. The van der Waals surface area contributed by atoms with Crippen LogP contribution >= 0.6 is 0 Å². The van der Waals surface area contributed by atoms with Crippen LogP contribution in [0.25, 0.3) is 11.6 Å². The average Bonchev–Trinajstić information content (AvgIpc) is 2.90. The van der Waals surface area contributed by atoms with Crippen molar-refractivity contribution in [3.8, 4) is 0 Å². The third-order valence-corrected chi connectivity index (χ3v) is 7.02. The van der Waals surface area contributed by atoms with Crippen LogP contribution in [0.4, 0.5) is 5.69 Å². The highest BCUT2D eigenvalue weighted by molar-refractivity contribution is 6.08. The van der Waals surface area contributed by atoms with Gasteiger partial charge >= 0.3 is 5.97 Å². The first-order valence-corrected chi connectivity index (χ1v) is 12.7. The first kappa shape index (κ1) is 26.0. The fourth-order valence-electron chi connectivity index (χ4n) is 5.15. The molecule has 5 nitrogen and oxygen atoms in total. The lowest BCUT2D eigenvalue weighted by Crippen LogP contribution is -2.43. The SMILES string of the molecule is CN/C=C(\C=N)c1ccc2c(c1)CC(C)N(c1ccc(C(C)C)cc1)C2c1ccc(/C=C/C(=O)O)cc1. The molecule has 1 heterocycles. The molecule has 1 aliphatic rings. The lowest BCUT2D eigenvalue weighted by Gasteiger charge is -2.44. The van der Waals surface area contributed by atoms with Gasteiger partial charge in [-0.2, -0.15) is 0 Å². The minimum atomic E-state index is -0.956. The maximum absolute atomic E-state index is 10.9. The van der Waals surface area contributed by atoms with Crippen LogP contribution < -0.4 is 10.2 Å². The van der Waals surface area contributed by atoms with E-state index in [0.717, 1.165) is 34.8 Å². The average molecular weight is 494 g/mol. The number of aliphatic carboxylic acids is 1. The summed E-state index contributed by atoms with van der Waals surface area (Å²) in [5, 5.41) is 19.9. The number of carbonyl (C=O) groups is 1. The van der Waals surface area contributed by atoms with E-state index < -0.39 is 5.97 Å². The molecule has 3 aromatic rings. The number of rotatable bonds is 8. The standard InChI is InChI=1S/C32H35N3O2/c1-21(2)24-10-13-29(14-11-24)35-22(3)17-27-18-26(28(19-33)20-34-4)12-15-30(27)32(35)25-8-5-23(6-9-25)7-16-31(36)37/h5-16,18-22,32-34H,17H2,1-4H3,(H,36,37)/b16-7+,28-20+,33-19?. The third kappa shape index (κ3) is 5.67. The van der Waals surface area contributed by atoms with Crippen LogP contribution in [0, 0.1) is 5.41 Å². The Hall–Kier alpha value is -4.12. The molecule has 0 aromatic heterocycles. The molecule has 37 heavy (non-hydrogen) atoms. The minimum Gasteiger partial charge on any atom is -0.478 e. The van der Waals surface area contributed by atoms with Gasteiger partial charge in [0.05, 0.1) is 6.04 Å². The fraction of sp³-hybridized carbons (Fsp3) is 0.250. The summed E-state index contributed by atoms with van der Waals surface area (Å²) in [4.78, 5) is 13.4. The van der Waals surface area contributed by atoms with Gasteiger partial charge in [-0.15, -0.1) is 0 Å². The normalized spacial score (nSPS) is 17.6. The summed E-state index contributed by atoms with van der Waals surface area (Å²) in [6.07, 6.45) is 6.91. The molecule has 0 bridgehead atoms. The summed E-state index contributed by atoms with van der Waals surface area (Å²) >= 11 is 0. The Morgan fingerprint density at radius 2 is 1.78 bits per heavy atom. The highest BCUT2D eigenvalue weighted by atomic mass is 16.4. The monoisotopic (exact) mass is 493 g/mol. The van der Waals surface area contributed by atoms with E-state index in [2.05, 4.69) is 85.6 Å². The van der Waals surface area contributed by atoms with Gasteiger partial charge in [-0.05, 0) is 70.9 Å². The largest absolute Gasteiger partial charge is 0.478 e. The van der Waals surface area contributed by atoms with Gasteiger partial charge in [-0.3, -0.25) is 0 Å². The van der Waals surface area contributed by atoms with E-state index in [9.17, 15) is 4.79 Å². The molecule has 0 saturated carbocycles. The molecule has 1 aliphatic heterocycles. The topological polar surface area (TPSA) is 76.4 Å². The number of nitrogens with one attached hydrogen (secondary N) is 2. The first-order valence-electron chi connectivity index (χ1n) is 12.7. The van der Waals surface area contributed by atoms with Crippen molar-refractivity contribution in [2.24, 2.45) is 0 Å². The number of carboxylic acid groups (broad SMARTS) is 1. The van der Waals surface area contributed by atoms with Crippen molar-refractivity contribution in [2.45, 2.75) is 45.2 Å². The van der Waals surface area contributed by atoms with Crippen LogP contribution in [0.2, 0.25) is 0 Å². The third-order valence-electron chi connectivity index (χ3n) is 7.02. The van der Waals surface area contributed by atoms with Gasteiger partial charge in [-0.25, -0.2) is 4.79 Å². The van der Waals surface area contributed by atoms with Crippen molar-refractivity contribution in [2.75, 3.05) is 11.9 Å². The maximum atomic E-state index is 10.9. The summed E-state index contributed by atoms with van der Waals surface area (Å²) < 4.78 is 0. The smallest absolute Gasteiger partial charge is 0.328 e. The van der Waals surface area contributed by atoms with Gasteiger partial charge in [0.1, 0.15) is 0 Å². The van der Waals surface area contributed by atoms with E-state index in [4.69, 9.17) is 10.5 Å². The number of allylic oxidation sites excluding steroid dienone is 1. The Balaban J connectivity index is 1.82. The molecular weight excluding hydrogens is 458 g/mol. The molecular formula is C32H35N3O2. The summed E-state index contributed by atoms with van der Waals surface area (Å²) in [6, 6.07) is 23.8. The first-order chi connectivity index (χ1) is 17.8. The predicted molar refractivity (Wildman–Crippen MR) is 153 cm³/mol. The van der Waals surface area contributed by atoms with Crippen LogP contribution in [0.3, 0.4) is 0 Å². The van der Waals surface area contributed by atoms with Crippen LogP contribution in [-0.4, -0.2) is 30.4 Å². The van der Waals surface area contributed by atoms with Crippen molar-refractivity contribution in [1.29, 1.82) is 5.41 Å². The quantitative estimate of drug-likeness (QED) is 0.242. The van der Waals surface area contributed by atoms with Crippen molar-refractivity contribution < 1.29 is 9.90 Å². The molecule has 0 aliphatic carbocycles. The molecule has 0 amide bonds. The number of nitrogens with zero attached hydrogens (tertiary/aromatic N) is 1. The lowest BCUT2D eigenvalue weighted by atomic mass is 9.83. The second kappa shape index (κ2) is 11.3. The highest BCUT2D eigenvalue weighted by Crippen LogP contribution is 2.42. The summed E-state index contributed by atoms with van der Waals surface area (Å²) in [6.45, 7) is 6.69. The molecule has 5 heteroatoms. The van der Waals surface area contributed by atoms with Gasteiger partial charge in [0, 0.05) is 42.8 Å². The number of hydrogen-bond donors (Lipinski definition) is 3. The molecule has 190 valence electrons. The zero-order valence-electron chi connectivity index (χ0n) is 21.9.